The summed E-state index contributed by atoms with van der Waals surface area (Å²) in [5.41, 5.74) is 1.18. The summed E-state index contributed by atoms with van der Waals surface area (Å²) in [7, 11) is 0. The second kappa shape index (κ2) is 8.60. The van der Waals surface area contributed by atoms with E-state index in [0.717, 1.165) is 44.1 Å². The highest BCUT2D eigenvalue weighted by molar-refractivity contribution is 7.19. The van der Waals surface area contributed by atoms with E-state index in [-0.39, 0.29) is 10.7 Å². The zero-order chi connectivity index (χ0) is 23.0. The number of thiophene rings is 1. The van der Waals surface area contributed by atoms with Gasteiger partial charge in [0.05, 0.1) is 28.3 Å². The van der Waals surface area contributed by atoms with Gasteiger partial charge in [0, 0.05) is 10.4 Å². The lowest BCUT2D eigenvalue weighted by Crippen LogP contribution is -2.06. The minimum Gasteiger partial charge on any atom is -0.494 e. The standard InChI is InChI=1S/C23H19ClF3N3OS/c1-4-31-16-8-5-14(6-9-16)19-12(2)32-22-20(19)21(28-13(3)29-22)30-18-11-15(23(25,26)27)7-10-17(18)24/h5-11H,4H2,1-3H3,(H,28,29,30). The second-order valence-corrected chi connectivity index (χ2v) is 8.72. The molecule has 0 atom stereocenters. The molecule has 166 valence electrons. The molecule has 0 amide bonds. The number of anilines is 2. The summed E-state index contributed by atoms with van der Waals surface area (Å²) in [6, 6.07) is 10.8. The Morgan fingerprint density at radius 1 is 1.06 bits per heavy atom. The van der Waals surface area contributed by atoms with E-state index in [1.807, 2.05) is 38.1 Å². The van der Waals surface area contributed by atoms with Gasteiger partial charge >= 0.3 is 6.18 Å². The molecule has 4 aromatic rings. The van der Waals surface area contributed by atoms with Crippen molar-refractivity contribution in [2.24, 2.45) is 0 Å². The highest BCUT2D eigenvalue weighted by Gasteiger charge is 2.31. The molecule has 0 radical (unpaired) electrons. The van der Waals surface area contributed by atoms with E-state index in [4.69, 9.17) is 16.3 Å². The summed E-state index contributed by atoms with van der Waals surface area (Å²) < 4.78 is 45.2. The van der Waals surface area contributed by atoms with Gasteiger partial charge in [-0.2, -0.15) is 13.2 Å². The van der Waals surface area contributed by atoms with Gasteiger partial charge in [-0.25, -0.2) is 9.97 Å². The lowest BCUT2D eigenvalue weighted by atomic mass is 10.0. The predicted octanol–water partition coefficient (Wildman–Crippen LogP) is 7.79. The van der Waals surface area contributed by atoms with Gasteiger partial charge in [0.15, 0.2) is 0 Å². The molecular formula is C23H19ClF3N3OS. The summed E-state index contributed by atoms with van der Waals surface area (Å²) in [6.45, 7) is 6.21. The molecule has 4 nitrogen and oxygen atoms in total. The average Bonchev–Trinajstić information content (AvgIpc) is 3.05. The Kier molecular flexibility index (Phi) is 6.01. The largest absolute Gasteiger partial charge is 0.494 e. The summed E-state index contributed by atoms with van der Waals surface area (Å²) in [6.07, 6.45) is -4.48. The third kappa shape index (κ3) is 4.38. The number of ether oxygens (including phenoxy) is 1. The maximum Gasteiger partial charge on any atom is 0.416 e. The van der Waals surface area contributed by atoms with E-state index < -0.39 is 11.7 Å². The van der Waals surface area contributed by atoms with Crippen molar-refractivity contribution in [2.75, 3.05) is 11.9 Å². The number of fused-ring (bicyclic) bond motifs is 1. The number of nitrogens with one attached hydrogen (secondary N) is 1. The van der Waals surface area contributed by atoms with E-state index in [0.29, 0.717) is 18.2 Å². The van der Waals surface area contributed by atoms with Gasteiger partial charge in [0.25, 0.3) is 0 Å². The Morgan fingerprint density at radius 3 is 2.44 bits per heavy atom. The average molecular weight is 478 g/mol. The van der Waals surface area contributed by atoms with Gasteiger partial charge in [0.2, 0.25) is 0 Å². The number of benzene rings is 2. The monoisotopic (exact) mass is 477 g/mol. The zero-order valence-electron chi connectivity index (χ0n) is 17.5. The van der Waals surface area contributed by atoms with Crippen molar-refractivity contribution in [1.82, 2.24) is 9.97 Å². The molecule has 0 saturated heterocycles. The molecule has 32 heavy (non-hydrogen) atoms. The van der Waals surface area contributed by atoms with E-state index in [2.05, 4.69) is 15.3 Å². The number of halogens is 4. The molecule has 2 heterocycles. The van der Waals surface area contributed by atoms with Crippen LogP contribution in [0.25, 0.3) is 21.3 Å². The van der Waals surface area contributed by atoms with Crippen LogP contribution in [-0.4, -0.2) is 16.6 Å². The van der Waals surface area contributed by atoms with Gasteiger partial charge in [0.1, 0.15) is 22.2 Å². The third-order valence-electron chi connectivity index (χ3n) is 4.84. The lowest BCUT2D eigenvalue weighted by Gasteiger charge is -2.14. The van der Waals surface area contributed by atoms with Crippen LogP contribution < -0.4 is 10.1 Å². The van der Waals surface area contributed by atoms with Crippen LogP contribution in [0.1, 0.15) is 23.2 Å². The minimum atomic E-state index is -4.48. The highest BCUT2D eigenvalue weighted by atomic mass is 35.5. The number of aromatic nitrogens is 2. The molecule has 0 aliphatic heterocycles. The van der Waals surface area contributed by atoms with Crippen LogP contribution in [0.2, 0.25) is 5.02 Å². The van der Waals surface area contributed by atoms with Crippen LogP contribution in [0.15, 0.2) is 42.5 Å². The van der Waals surface area contributed by atoms with Crippen molar-refractivity contribution >= 4 is 44.7 Å². The van der Waals surface area contributed by atoms with Crippen molar-refractivity contribution in [2.45, 2.75) is 26.9 Å². The highest BCUT2D eigenvalue weighted by Crippen LogP contribution is 2.43. The van der Waals surface area contributed by atoms with Gasteiger partial charge in [-0.15, -0.1) is 11.3 Å². The van der Waals surface area contributed by atoms with Crippen molar-refractivity contribution in [3.8, 4) is 16.9 Å². The van der Waals surface area contributed by atoms with Crippen molar-refractivity contribution in [3.63, 3.8) is 0 Å². The number of hydrogen-bond donors (Lipinski definition) is 1. The zero-order valence-corrected chi connectivity index (χ0v) is 19.0. The quantitative estimate of drug-likeness (QED) is 0.318. The van der Waals surface area contributed by atoms with Crippen LogP contribution in [0.4, 0.5) is 24.7 Å². The molecule has 0 spiro atoms. The third-order valence-corrected chi connectivity index (χ3v) is 6.17. The molecule has 0 saturated carbocycles. The summed E-state index contributed by atoms with van der Waals surface area (Å²) in [5, 5.41) is 3.92. The van der Waals surface area contributed by atoms with Gasteiger partial charge in [-0.05, 0) is 56.7 Å². The Morgan fingerprint density at radius 2 is 1.78 bits per heavy atom. The number of rotatable bonds is 5. The molecule has 9 heteroatoms. The van der Waals surface area contributed by atoms with Gasteiger partial charge in [-0.1, -0.05) is 23.7 Å². The summed E-state index contributed by atoms with van der Waals surface area (Å²) in [5.74, 6) is 1.67. The molecule has 4 rings (SSSR count). The molecule has 0 unspecified atom stereocenters. The maximum atomic E-state index is 13.2. The first-order valence-corrected chi connectivity index (χ1v) is 11.0. The smallest absolute Gasteiger partial charge is 0.416 e. The number of nitrogens with zero attached hydrogens (tertiary/aromatic N) is 2. The normalized spacial score (nSPS) is 11.7. The van der Waals surface area contributed by atoms with E-state index >= 15 is 0 Å². The number of alkyl halides is 3. The molecule has 0 fully saturated rings. The Balaban J connectivity index is 1.86. The molecule has 0 aliphatic carbocycles. The van der Waals surface area contributed by atoms with Gasteiger partial charge < -0.3 is 10.1 Å². The Hall–Kier alpha value is -2.84. The predicted molar refractivity (Wildman–Crippen MR) is 123 cm³/mol. The minimum absolute atomic E-state index is 0.127. The first-order chi connectivity index (χ1) is 15.2. The van der Waals surface area contributed by atoms with Crippen molar-refractivity contribution < 1.29 is 17.9 Å². The van der Waals surface area contributed by atoms with Crippen molar-refractivity contribution in [1.29, 1.82) is 0 Å². The van der Waals surface area contributed by atoms with Crippen molar-refractivity contribution in [3.05, 3.63) is 63.8 Å². The van der Waals surface area contributed by atoms with Crippen LogP contribution in [-0.2, 0) is 6.18 Å². The topological polar surface area (TPSA) is 47.0 Å². The molecule has 2 aromatic carbocycles. The fourth-order valence-corrected chi connectivity index (χ4v) is 4.72. The Labute approximate surface area is 192 Å². The molecular weight excluding hydrogens is 459 g/mol. The molecule has 0 bridgehead atoms. The van der Waals surface area contributed by atoms with Gasteiger partial charge in [-0.3, -0.25) is 0 Å². The maximum absolute atomic E-state index is 13.2. The first kappa shape index (κ1) is 22.4. The van der Waals surface area contributed by atoms with Crippen LogP contribution in [0, 0.1) is 13.8 Å². The number of aryl methyl sites for hydroxylation is 2. The Bertz CT molecular complexity index is 1290. The molecule has 1 N–H and O–H groups in total. The van der Waals surface area contributed by atoms with E-state index in [1.165, 1.54) is 17.4 Å². The number of hydrogen-bond acceptors (Lipinski definition) is 5. The SMILES string of the molecule is CCOc1ccc(-c2c(C)sc3nc(C)nc(Nc4cc(C(F)(F)F)ccc4Cl)c23)cc1. The van der Waals surface area contributed by atoms with Crippen LogP contribution >= 0.6 is 22.9 Å². The summed E-state index contributed by atoms with van der Waals surface area (Å²) >= 11 is 7.71. The van der Waals surface area contributed by atoms with E-state index in [1.54, 1.807) is 6.92 Å². The van der Waals surface area contributed by atoms with Crippen LogP contribution in [0.5, 0.6) is 5.75 Å². The first-order valence-electron chi connectivity index (χ1n) is 9.82. The van der Waals surface area contributed by atoms with E-state index in [9.17, 15) is 13.2 Å². The fraction of sp³-hybridized carbons (Fsp3) is 0.217. The summed E-state index contributed by atoms with van der Waals surface area (Å²) in [4.78, 5) is 10.8. The fourth-order valence-electron chi connectivity index (χ4n) is 3.47. The molecule has 2 aromatic heterocycles. The van der Waals surface area contributed by atoms with Crippen LogP contribution in [0.3, 0.4) is 0 Å². The lowest BCUT2D eigenvalue weighted by molar-refractivity contribution is -0.137. The molecule has 0 aliphatic rings. The second-order valence-electron chi connectivity index (χ2n) is 7.11.